The molecule has 3 rings (SSSR count). The number of nitrogens with one attached hydrogen (secondary N) is 2. The van der Waals surface area contributed by atoms with Crippen molar-refractivity contribution >= 4 is 11.6 Å². The zero-order chi connectivity index (χ0) is 19.8. The third kappa shape index (κ3) is 5.55. The predicted molar refractivity (Wildman–Crippen MR) is 115 cm³/mol. The summed E-state index contributed by atoms with van der Waals surface area (Å²) in [5, 5.41) is 6.59. The van der Waals surface area contributed by atoms with E-state index in [1.165, 1.54) is 25.8 Å². The van der Waals surface area contributed by atoms with Gasteiger partial charge >= 0.3 is 0 Å². The van der Waals surface area contributed by atoms with E-state index in [-0.39, 0.29) is 5.91 Å². The summed E-state index contributed by atoms with van der Waals surface area (Å²) in [5.74, 6) is 0.576. The first-order valence-corrected chi connectivity index (χ1v) is 10.4. The molecule has 5 nitrogen and oxygen atoms in total. The lowest BCUT2D eigenvalue weighted by Gasteiger charge is -2.32. The summed E-state index contributed by atoms with van der Waals surface area (Å²) < 4.78 is 0. The summed E-state index contributed by atoms with van der Waals surface area (Å²) >= 11 is 0. The zero-order valence-electron chi connectivity index (χ0n) is 17.1. The standard InChI is InChI=1S/C23H32N4O/c1-3-12-27-13-6-8-20(17-27)16-26-23(28)21-9-4-10-22(18(21)2)25-15-19-7-5-11-24-14-19/h4-5,7,9-11,14,20,25H,3,6,8,12-13,15-17H2,1-2H3,(H,26,28). The SMILES string of the molecule is CCCN1CCCC(CNC(=O)c2cccc(NCc3cccnc3)c2C)C1. The number of rotatable bonds is 8. The van der Waals surface area contributed by atoms with Crippen molar-refractivity contribution < 1.29 is 4.79 Å². The van der Waals surface area contributed by atoms with E-state index < -0.39 is 0 Å². The zero-order valence-corrected chi connectivity index (χ0v) is 17.1. The highest BCUT2D eigenvalue weighted by Crippen LogP contribution is 2.20. The lowest BCUT2D eigenvalue weighted by Crippen LogP contribution is -2.41. The van der Waals surface area contributed by atoms with Crippen LogP contribution < -0.4 is 10.6 Å². The molecule has 1 amide bonds. The number of anilines is 1. The van der Waals surface area contributed by atoms with Crippen LogP contribution in [0.15, 0.2) is 42.7 Å². The van der Waals surface area contributed by atoms with Crippen LogP contribution in [-0.4, -0.2) is 42.0 Å². The first kappa shape index (κ1) is 20.3. The number of piperidine rings is 1. The van der Waals surface area contributed by atoms with Gasteiger partial charge in [0.15, 0.2) is 0 Å². The Morgan fingerprint density at radius 2 is 2.18 bits per heavy atom. The van der Waals surface area contributed by atoms with E-state index in [2.05, 4.69) is 27.4 Å². The van der Waals surface area contributed by atoms with Crippen LogP contribution in [0.1, 0.15) is 47.7 Å². The van der Waals surface area contributed by atoms with Crippen LogP contribution in [0.2, 0.25) is 0 Å². The number of benzene rings is 1. The predicted octanol–water partition coefficient (Wildman–Crippen LogP) is 3.85. The monoisotopic (exact) mass is 380 g/mol. The average molecular weight is 381 g/mol. The fourth-order valence-corrected chi connectivity index (χ4v) is 3.94. The molecule has 5 heteroatoms. The number of nitrogens with zero attached hydrogens (tertiary/aromatic N) is 2. The molecule has 1 aromatic carbocycles. The van der Waals surface area contributed by atoms with E-state index >= 15 is 0 Å². The quantitative estimate of drug-likeness (QED) is 0.730. The Morgan fingerprint density at radius 3 is 2.96 bits per heavy atom. The number of hydrogen-bond acceptors (Lipinski definition) is 4. The van der Waals surface area contributed by atoms with Crippen LogP contribution in [0, 0.1) is 12.8 Å². The third-order valence-electron chi connectivity index (χ3n) is 5.48. The van der Waals surface area contributed by atoms with Crippen molar-refractivity contribution in [2.75, 3.05) is 31.5 Å². The van der Waals surface area contributed by atoms with E-state index in [0.717, 1.165) is 42.0 Å². The highest BCUT2D eigenvalue weighted by Gasteiger charge is 2.20. The second-order valence-corrected chi connectivity index (χ2v) is 7.71. The Balaban J connectivity index is 1.56. The van der Waals surface area contributed by atoms with Crippen LogP contribution in [0.5, 0.6) is 0 Å². The number of likely N-dealkylation sites (tertiary alicyclic amines) is 1. The van der Waals surface area contributed by atoms with Crippen molar-refractivity contribution in [3.05, 3.63) is 59.4 Å². The molecular weight excluding hydrogens is 348 g/mol. The molecular formula is C23H32N4O. The fraction of sp³-hybridized carbons (Fsp3) is 0.478. The minimum atomic E-state index is 0.0233. The number of hydrogen-bond donors (Lipinski definition) is 2. The van der Waals surface area contributed by atoms with Crippen LogP contribution in [-0.2, 0) is 6.54 Å². The Labute approximate surface area is 168 Å². The van der Waals surface area contributed by atoms with Gasteiger partial charge in [-0.15, -0.1) is 0 Å². The number of carbonyl (C=O) groups excluding carboxylic acids is 1. The van der Waals surface area contributed by atoms with Crippen LogP contribution >= 0.6 is 0 Å². The van der Waals surface area contributed by atoms with Crippen molar-refractivity contribution in [3.63, 3.8) is 0 Å². The minimum absolute atomic E-state index is 0.0233. The maximum absolute atomic E-state index is 12.8. The smallest absolute Gasteiger partial charge is 0.251 e. The Bertz CT molecular complexity index is 760. The first-order chi connectivity index (χ1) is 13.7. The van der Waals surface area contributed by atoms with E-state index in [4.69, 9.17) is 0 Å². The normalized spacial score (nSPS) is 17.3. The van der Waals surface area contributed by atoms with E-state index in [1.54, 1.807) is 6.20 Å². The van der Waals surface area contributed by atoms with Crippen molar-refractivity contribution in [2.24, 2.45) is 5.92 Å². The van der Waals surface area contributed by atoms with Gasteiger partial charge in [-0.25, -0.2) is 0 Å². The summed E-state index contributed by atoms with van der Waals surface area (Å²) in [6.45, 7) is 9.13. The van der Waals surface area contributed by atoms with Crippen molar-refractivity contribution in [3.8, 4) is 0 Å². The molecule has 28 heavy (non-hydrogen) atoms. The van der Waals surface area contributed by atoms with E-state index in [0.29, 0.717) is 12.5 Å². The topological polar surface area (TPSA) is 57.3 Å². The Kier molecular flexibility index (Phi) is 7.43. The minimum Gasteiger partial charge on any atom is -0.381 e. The molecule has 0 spiro atoms. The molecule has 1 aliphatic heterocycles. The van der Waals surface area contributed by atoms with Gasteiger partial charge in [-0.3, -0.25) is 9.78 Å². The summed E-state index contributed by atoms with van der Waals surface area (Å²) in [5.41, 5.74) is 3.84. The number of amides is 1. The number of carbonyl (C=O) groups is 1. The van der Waals surface area contributed by atoms with Crippen molar-refractivity contribution in [2.45, 2.75) is 39.7 Å². The number of pyridine rings is 1. The molecule has 2 aromatic rings. The molecule has 1 unspecified atom stereocenters. The molecule has 150 valence electrons. The van der Waals surface area contributed by atoms with Crippen LogP contribution in [0.25, 0.3) is 0 Å². The molecule has 0 aliphatic carbocycles. The lowest BCUT2D eigenvalue weighted by molar-refractivity contribution is 0.0932. The first-order valence-electron chi connectivity index (χ1n) is 10.4. The number of aromatic nitrogens is 1. The molecule has 1 fully saturated rings. The lowest BCUT2D eigenvalue weighted by atomic mass is 9.97. The molecule has 1 aliphatic rings. The van der Waals surface area contributed by atoms with Gasteiger partial charge in [0, 0.05) is 43.3 Å². The van der Waals surface area contributed by atoms with Crippen LogP contribution in [0.3, 0.4) is 0 Å². The van der Waals surface area contributed by atoms with E-state index in [9.17, 15) is 4.79 Å². The molecule has 2 heterocycles. The van der Waals surface area contributed by atoms with Gasteiger partial charge < -0.3 is 15.5 Å². The van der Waals surface area contributed by atoms with Gasteiger partial charge in [-0.2, -0.15) is 0 Å². The summed E-state index contributed by atoms with van der Waals surface area (Å²) in [7, 11) is 0. The maximum atomic E-state index is 12.8. The molecule has 1 aromatic heterocycles. The van der Waals surface area contributed by atoms with Gasteiger partial charge in [0.25, 0.3) is 5.91 Å². The van der Waals surface area contributed by atoms with Gasteiger partial charge in [-0.05, 0) is 74.5 Å². The molecule has 0 bridgehead atoms. The highest BCUT2D eigenvalue weighted by molar-refractivity contribution is 5.97. The molecule has 1 saturated heterocycles. The fourth-order valence-electron chi connectivity index (χ4n) is 3.94. The largest absolute Gasteiger partial charge is 0.381 e. The molecule has 1 atom stereocenters. The van der Waals surface area contributed by atoms with Gasteiger partial charge in [0.05, 0.1) is 0 Å². The second kappa shape index (κ2) is 10.2. The molecule has 2 N–H and O–H groups in total. The highest BCUT2D eigenvalue weighted by atomic mass is 16.1. The second-order valence-electron chi connectivity index (χ2n) is 7.71. The average Bonchev–Trinajstić information content (AvgIpc) is 2.72. The summed E-state index contributed by atoms with van der Waals surface area (Å²) in [6.07, 6.45) is 7.25. The summed E-state index contributed by atoms with van der Waals surface area (Å²) in [4.78, 5) is 19.4. The summed E-state index contributed by atoms with van der Waals surface area (Å²) in [6, 6.07) is 9.84. The van der Waals surface area contributed by atoms with Crippen LogP contribution in [0.4, 0.5) is 5.69 Å². The van der Waals surface area contributed by atoms with Crippen molar-refractivity contribution in [1.29, 1.82) is 0 Å². The Hall–Kier alpha value is -2.40. The van der Waals surface area contributed by atoms with Gasteiger partial charge in [0.2, 0.25) is 0 Å². The van der Waals surface area contributed by atoms with Gasteiger partial charge in [-0.1, -0.05) is 19.1 Å². The van der Waals surface area contributed by atoms with E-state index in [1.807, 2.05) is 43.5 Å². The third-order valence-corrected chi connectivity index (χ3v) is 5.48. The van der Waals surface area contributed by atoms with Crippen molar-refractivity contribution in [1.82, 2.24) is 15.2 Å². The molecule has 0 saturated carbocycles. The maximum Gasteiger partial charge on any atom is 0.251 e. The Morgan fingerprint density at radius 1 is 1.29 bits per heavy atom. The molecule has 0 radical (unpaired) electrons. The van der Waals surface area contributed by atoms with Gasteiger partial charge in [0.1, 0.15) is 0 Å².